The third-order valence-electron chi connectivity index (χ3n) is 4.87. The molecule has 0 saturated heterocycles. The molecule has 6 nitrogen and oxygen atoms in total. The van der Waals surface area contributed by atoms with Gasteiger partial charge >= 0.3 is 12.2 Å². The van der Waals surface area contributed by atoms with Crippen molar-refractivity contribution in [2.45, 2.75) is 19.1 Å². The van der Waals surface area contributed by atoms with Gasteiger partial charge in [-0.05, 0) is 31.2 Å². The molecule has 11 heteroatoms. The molecular formula is C20H16F5N5O. The molecule has 2 N–H and O–H groups in total. The first-order valence-corrected chi connectivity index (χ1v) is 9.17. The molecule has 2 aliphatic heterocycles. The highest BCUT2D eigenvalue weighted by Gasteiger charge is 2.35. The van der Waals surface area contributed by atoms with Gasteiger partial charge in [-0.15, -0.1) is 0 Å². The average Bonchev–Trinajstić information content (AvgIpc) is 3.09. The van der Waals surface area contributed by atoms with Gasteiger partial charge in [0.05, 0.1) is 18.3 Å². The summed E-state index contributed by atoms with van der Waals surface area (Å²) in [6.45, 7) is 2.07. The number of benzene rings is 1. The summed E-state index contributed by atoms with van der Waals surface area (Å²) in [5.74, 6) is -1.48. The number of hydrogen-bond donors (Lipinski definition) is 2. The Bertz CT molecular complexity index is 1100. The lowest BCUT2D eigenvalue weighted by atomic mass is 10.0. The molecule has 0 aliphatic carbocycles. The van der Waals surface area contributed by atoms with Gasteiger partial charge in [0.25, 0.3) is 0 Å². The number of halogens is 5. The lowest BCUT2D eigenvalue weighted by Crippen LogP contribution is -2.49. The fraction of sp³-hybridized carbons (Fsp3) is 0.200. The van der Waals surface area contributed by atoms with Gasteiger partial charge in [-0.1, -0.05) is 0 Å². The van der Waals surface area contributed by atoms with Gasteiger partial charge in [0.15, 0.2) is 0 Å². The second-order valence-corrected chi connectivity index (χ2v) is 7.05. The summed E-state index contributed by atoms with van der Waals surface area (Å²) < 4.78 is 66.1. The molecule has 1 unspecified atom stereocenters. The van der Waals surface area contributed by atoms with Gasteiger partial charge in [0.2, 0.25) is 0 Å². The van der Waals surface area contributed by atoms with Crippen LogP contribution in [0.3, 0.4) is 0 Å². The minimum Gasteiger partial charge on any atom is -0.307 e. The first kappa shape index (κ1) is 20.6. The van der Waals surface area contributed by atoms with Crippen LogP contribution in [-0.4, -0.2) is 33.5 Å². The van der Waals surface area contributed by atoms with E-state index in [0.29, 0.717) is 17.8 Å². The number of aromatic nitrogens is 1. The molecule has 1 aromatic carbocycles. The monoisotopic (exact) mass is 437 g/mol. The standard InChI is InChI=1S/C20H16F5N5O/c1-11-9-30-17(15(8-27-30)14-3-2-12(21)6-16(14)22)10-29(11)19(31)28-13-4-5-26-18(7-13)20(23,24)25/h2-8,10-11,27H,9H2,1H3,(H,26,28,31). The van der Waals surface area contributed by atoms with E-state index in [2.05, 4.69) is 15.7 Å². The maximum absolute atomic E-state index is 14.3. The fourth-order valence-corrected chi connectivity index (χ4v) is 3.37. The van der Waals surface area contributed by atoms with Crippen molar-refractivity contribution in [1.82, 2.24) is 20.3 Å². The zero-order chi connectivity index (χ0) is 22.3. The average molecular weight is 437 g/mol. The van der Waals surface area contributed by atoms with Crippen LogP contribution in [-0.2, 0) is 6.18 Å². The van der Waals surface area contributed by atoms with Gasteiger partial charge in [0.1, 0.15) is 17.3 Å². The molecular weight excluding hydrogens is 421 g/mol. The van der Waals surface area contributed by atoms with Crippen LogP contribution in [0.4, 0.5) is 32.4 Å². The maximum atomic E-state index is 14.3. The minimum atomic E-state index is -4.64. The van der Waals surface area contributed by atoms with Crippen molar-refractivity contribution in [2.75, 3.05) is 11.9 Å². The Morgan fingerprint density at radius 2 is 2.00 bits per heavy atom. The molecule has 0 saturated carbocycles. The van der Waals surface area contributed by atoms with Crippen molar-refractivity contribution < 1.29 is 26.7 Å². The number of pyridine rings is 1. The van der Waals surface area contributed by atoms with Crippen LogP contribution < -0.4 is 10.7 Å². The summed E-state index contributed by atoms with van der Waals surface area (Å²) in [6.07, 6.45) is -0.688. The summed E-state index contributed by atoms with van der Waals surface area (Å²) in [4.78, 5) is 17.3. The van der Waals surface area contributed by atoms with E-state index in [0.717, 1.165) is 24.4 Å². The Morgan fingerprint density at radius 1 is 1.23 bits per heavy atom. The van der Waals surface area contributed by atoms with Crippen LogP contribution in [0.2, 0.25) is 0 Å². The number of carbonyl (C=O) groups is 1. The molecule has 0 bridgehead atoms. The molecule has 1 atom stereocenters. The molecule has 4 rings (SSSR count). The summed E-state index contributed by atoms with van der Waals surface area (Å²) in [6, 6.07) is 4.15. The molecule has 2 amide bonds. The molecule has 162 valence electrons. The van der Waals surface area contributed by atoms with Crippen molar-refractivity contribution in [3.8, 4) is 0 Å². The van der Waals surface area contributed by atoms with Crippen LogP contribution in [0.5, 0.6) is 0 Å². The zero-order valence-electron chi connectivity index (χ0n) is 16.0. The first-order chi connectivity index (χ1) is 14.6. The van der Waals surface area contributed by atoms with Gasteiger partial charge in [-0.3, -0.25) is 14.9 Å². The zero-order valence-corrected chi connectivity index (χ0v) is 16.0. The van der Waals surface area contributed by atoms with Gasteiger partial charge in [-0.25, -0.2) is 13.6 Å². The highest BCUT2D eigenvalue weighted by Crippen LogP contribution is 2.34. The number of nitrogens with one attached hydrogen (secondary N) is 2. The normalized spacial score (nSPS) is 18.2. The van der Waals surface area contributed by atoms with E-state index in [1.807, 2.05) is 0 Å². The van der Waals surface area contributed by atoms with Gasteiger partial charge in [0, 0.05) is 41.5 Å². The number of hydrogen-bond acceptors (Lipinski definition) is 4. The molecule has 31 heavy (non-hydrogen) atoms. The lowest BCUT2D eigenvalue weighted by molar-refractivity contribution is -0.141. The third kappa shape index (κ3) is 4.03. The molecule has 2 aliphatic rings. The van der Waals surface area contributed by atoms with Gasteiger partial charge < -0.3 is 10.7 Å². The maximum Gasteiger partial charge on any atom is 0.433 e. The van der Waals surface area contributed by atoms with E-state index in [-0.39, 0.29) is 17.3 Å². The number of allylic oxidation sites excluding steroid dienone is 1. The Balaban J connectivity index is 1.60. The Morgan fingerprint density at radius 3 is 2.71 bits per heavy atom. The Kier molecular flexibility index (Phi) is 5.03. The number of nitrogens with zero attached hydrogens (tertiary/aromatic N) is 3. The second-order valence-electron chi connectivity index (χ2n) is 7.05. The first-order valence-electron chi connectivity index (χ1n) is 9.17. The summed E-state index contributed by atoms with van der Waals surface area (Å²) in [5, 5.41) is 4.12. The van der Waals surface area contributed by atoms with E-state index >= 15 is 0 Å². The summed E-state index contributed by atoms with van der Waals surface area (Å²) in [7, 11) is 0. The van der Waals surface area contributed by atoms with Crippen LogP contribution in [0, 0.1) is 11.6 Å². The predicted molar refractivity (Wildman–Crippen MR) is 102 cm³/mol. The molecule has 0 fully saturated rings. The van der Waals surface area contributed by atoms with Crippen LogP contribution in [0.15, 0.2) is 54.6 Å². The third-order valence-corrected chi connectivity index (χ3v) is 4.87. The van der Waals surface area contributed by atoms with Crippen molar-refractivity contribution in [3.63, 3.8) is 0 Å². The quantitative estimate of drug-likeness (QED) is 0.688. The molecule has 3 heterocycles. The molecule has 1 aromatic heterocycles. The lowest BCUT2D eigenvalue weighted by Gasteiger charge is -2.37. The number of rotatable bonds is 2. The van der Waals surface area contributed by atoms with Crippen LogP contribution in [0.25, 0.3) is 5.57 Å². The van der Waals surface area contributed by atoms with Gasteiger partial charge in [-0.2, -0.15) is 13.2 Å². The predicted octanol–water partition coefficient (Wildman–Crippen LogP) is 4.32. The minimum absolute atomic E-state index is 0.0646. The Labute approximate surface area is 173 Å². The number of anilines is 1. The Hall–Kier alpha value is -3.63. The number of carbonyl (C=O) groups excluding carboxylic acids is 1. The molecule has 0 radical (unpaired) electrons. The SMILES string of the molecule is CC1CN2NC=C(c3ccc(F)cc3F)C2=CN1C(=O)Nc1ccnc(C(F)(F)F)c1. The number of amides is 2. The second kappa shape index (κ2) is 7.56. The van der Waals surface area contributed by atoms with E-state index < -0.39 is 29.5 Å². The molecule has 0 spiro atoms. The number of urea groups is 1. The highest BCUT2D eigenvalue weighted by atomic mass is 19.4. The van der Waals surface area contributed by atoms with Crippen molar-refractivity contribution in [3.05, 3.63) is 77.5 Å². The van der Waals surface area contributed by atoms with Crippen molar-refractivity contribution in [1.29, 1.82) is 0 Å². The number of alkyl halides is 3. The van der Waals surface area contributed by atoms with E-state index in [9.17, 15) is 26.7 Å². The largest absolute Gasteiger partial charge is 0.433 e. The van der Waals surface area contributed by atoms with E-state index in [1.54, 1.807) is 11.9 Å². The summed E-state index contributed by atoms with van der Waals surface area (Å²) >= 11 is 0. The number of fused-ring (bicyclic) bond motifs is 1. The van der Waals surface area contributed by atoms with Crippen molar-refractivity contribution in [2.24, 2.45) is 0 Å². The smallest absolute Gasteiger partial charge is 0.307 e. The topological polar surface area (TPSA) is 60.5 Å². The van der Waals surface area contributed by atoms with Crippen molar-refractivity contribution >= 4 is 17.3 Å². The highest BCUT2D eigenvalue weighted by molar-refractivity contribution is 5.91. The van der Waals surface area contributed by atoms with E-state index in [4.69, 9.17) is 0 Å². The molecule has 2 aromatic rings. The number of hydrazine groups is 1. The fourth-order valence-electron chi connectivity index (χ4n) is 3.37. The van der Waals surface area contributed by atoms with Crippen LogP contribution in [0.1, 0.15) is 18.2 Å². The van der Waals surface area contributed by atoms with Crippen LogP contribution >= 0.6 is 0 Å². The summed E-state index contributed by atoms with van der Waals surface area (Å²) in [5.41, 5.74) is 2.78. The van der Waals surface area contributed by atoms with E-state index in [1.165, 1.54) is 29.4 Å².